The number of halogens is 1. The van der Waals surface area contributed by atoms with Crippen LogP contribution in [0, 0.1) is 5.82 Å². The zero-order chi connectivity index (χ0) is 20.9. The van der Waals surface area contributed by atoms with Crippen LogP contribution in [0.25, 0.3) is 10.9 Å². The van der Waals surface area contributed by atoms with Gasteiger partial charge in [0.2, 0.25) is 0 Å². The molecule has 1 heterocycles. The summed E-state index contributed by atoms with van der Waals surface area (Å²) >= 11 is 1.83. The molecule has 4 rings (SSSR count). The van der Waals surface area contributed by atoms with Crippen LogP contribution in [0.3, 0.4) is 0 Å². The molecule has 152 valence electrons. The van der Waals surface area contributed by atoms with E-state index in [1.54, 1.807) is 12.1 Å². The second kappa shape index (κ2) is 9.18. The van der Waals surface area contributed by atoms with Gasteiger partial charge in [-0.3, -0.25) is 4.79 Å². The van der Waals surface area contributed by atoms with Gasteiger partial charge in [0.05, 0.1) is 5.56 Å². The predicted molar refractivity (Wildman–Crippen MR) is 121 cm³/mol. The number of thioether (sulfide) groups is 1. The first kappa shape index (κ1) is 20.2. The number of hydrogen-bond donors (Lipinski definition) is 1. The second-order valence-corrected chi connectivity index (χ2v) is 8.49. The van der Waals surface area contributed by atoms with Crippen LogP contribution in [0.5, 0.6) is 0 Å². The van der Waals surface area contributed by atoms with Crippen molar-refractivity contribution in [2.75, 3.05) is 6.54 Å². The van der Waals surface area contributed by atoms with Gasteiger partial charge in [-0.15, -0.1) is 11.8 Å². The van der Waals surface area contributed by atoms with Crippen molar-refractivity contribution in [1.29, 1.82) is 0 Å². The van der Waals surface area contributed by atoms with E-state index in [-0.39, 0.29) is 5.56 Å². The molecule has 3 aromatic carbocycles. The average molecular weight is 419 g/mol. The lowest BCUT2D eigenvalue weighted by molar-refractivity contribution is 0.0948. The first-order valence-electron chi connectivity index (χ1n) is 9.95. The lowest BCUT2D eigenvalue weighted by Crippen LogP contribution is -2.27. The Kier molecular flexibility index (Phi) is 6.19. The number of carbonyl (C=O) groups is 1. The summed E-state index contributed by atoms with van der Waals surface area (Å²) in [7, 11) is 0. The van der Waals surface area contributed by atoms with Gasteiger partial charge in [0, 0.05) is 40.3 Å². The van der Waals surface area contributed by atoms with Gasteiger partial charge >= 0.3 is 0 Å². The number of rotatable bonds is 7. The van der Waals surface area contributed by atoms with Gasteiger partial charge in [0.1, 0.15) is 5.82 Å². The molecule has 1 N–H and O–H groups in total. The van der Waals surface area contributed by atoms with E-state index in [0.717, 1.165) is 5.52 Å². The van der Waals surface area contributed by atoms with E-state index in [4.69, 9.17) is 0 Å². The van der Waals surface area contributed by atoms with Crippen LogP contribution in [0.2, 0.25) is 0 Å². The number of amides is 1. The quantitative estimate of drug-likeness (QED) is 0.370. The van der Waals surface area contributed by atoms with Crippen molar-refractivity contribution >= 4 is 28.6 Å². The van der Waals surface area contributed by atoms with Crippen molar-refractivity contribution in [3.8, 4) is 0 Å². The Morgan fingerprint density at radius 2 is 1.70 bits per heavy atom. The largest absolute Gasteiger partial charge is 0.350 e. The summed E-state index contributed by atoms with van der Waals surface area (Å²) < 4.78 is 15.9. The Labute approximate surface area is 179 Å². The number of aromatic nitrogens is 1. The van der Waals surface area contributed by atoms with E-state index in [2.05, 4.69) is 59.4 Å². The fourth-order valence-corrected chi connectivity index (χ4v) is 4.67. The van der Waals surface area contributed by atoms with Crippen LogP contribution in [-0.2, 0) is 6.54 Å². The SMILES string of the molecule is C[C@@H](Sc1cn(CCNC(=O)c2ccccc2F)c2ccccc12)c1ccccc1. The number of benzene rings is 3. The van der Waals surface area contributed by atoms with Crippen molar-refractivity contribution in [2.45, 2.75) is 23.6 Å². The van der Waals surface area contributed by atoms with Crippen molar-refractivity contribution in [2.24, 2.45) is 0 Å². The summed E-state index contributed by atoms with van der Waals surface area (Å²) in [5.74, 6) is -0.896. The highest BCUT2D eigenvalue weighted by molar-refractivity contribution is 7.99. The van der Waals surface area contributed by atoms with Crippen LogP contribution in [0.4, 0.5) is 4.39 Å². The standard InChI is InChI=1S/C25H23FN2OS/c1-18(19-9-3-2-4-10-19)30-24-17-28(23-14-8-6-12-21(23)24)16-15-27-25(29)20-11-5-7-13-22(20)26/h2-14,17-18H,15-16H2,1H3,(H,27,29)/t18-/m1/s1. The molecule has 3 nitrogen and oxygen atoms in total. The zero-order valence-corrected chi connectivity index (χ0v) is 17.5. The molecular formula is C25H23FN2OS. The van der Waals surface area contributed by atoms with Gasteiger partial charge in [-0.2, -0.15) is 0 Å². The molecule has 0 radical (unpaired) electrons. The fraction of sp³-hybridized carbons (Fsp3) is 0.160. The topological polar surface area (TPSA) is 34.0 Å². The molecule has 0 saturated carbocycles. The summed E-state index contributed by atoms with van der Waals surface area (Å²) in [5.41, 5.74) is 2.49. The zero-order valence-electron chi connectivity index (χ0n) is 16.7. The van der Waals surface area contributed by atoms with Crippen LogP contribution >= 0.6 is 11.8 Å². The third-order valence-electron chi connectivity index (χ3n) is 5.08. The number of para-hydroxylation sites is 1. The first-order chi connectivity index (χ1) is 14.6. The third kappa shape index (κ3) is 4.41. The third-order valence-corrected chi connectivity index (χ3v) is 6.29. The highest BCUT2D eigenvalue weighted by Crippen LogP contribution is 2.39. The molecule has 0 aliphatic carbocycles. The van der Waals surface area contributed by atoms with E-state index in [1.165, 1.54) is 28.0 Å². The minimum atomic E-state index is -0.505. The normalized spacial score (nSPS) is 12.1. The van der Waals surface area contributed by atoms with Crippen LogP contribution in [0.15, 0.2) is 90.0 Å². The molecule has 4 aromatic rings. The Hall–Kier alpha value is -3.05. The van der Waals surface area contributed by atoms with Crippen LogP contribution in [-0.4, -0.2) is 17.0 Å². The van der Waals surface area contributed by atoms with Crippen molar-refractivity contribution in [3.05, 3.63) is 102 Å². The first-order valence-corrected chi connectivity index (χ1v) is 10.8. The molecule has 0 spiro atoms. The van der Waals surface area contributed by atoms with Gasteiger partial charge in [-0.05, 0) is 30.7 Å². The molecule has 30 heavy (non-hydrogen) atoms. The summed E-state index contributed by atoms with van der Waals surface area (Å²) in [5, 5.41) is 4.35. The van der Waals surface area contributed by atoms with Gasteiger partial charge in [-0.25, -0.2) is 4.39 Å². The van der Waals surface area contributed by atoms with Crippen LogP contribution < -0.4 is 5.32 Å². The lowest BCUT2D eigenvalue weighted by atomic mass is 10.2. The minimum Gasteiger partial charge on any atom is -0.350 e. The maximum Gasteiger partial charge on any atom is 0.254 e. The Morgan fingerprint density at radius 3 is 2.50 bits per heavy atom. The highest BCUT2D eigenvalue weighted by Gasteiger charge is 2.14. The van der Waals surface area contributed by atoms with E-state index in [0.29, 0.717) is 18.3 Å². The molecule has 1 aromatic heterocycles. The van der Waals surface area contributed by atoms with E-state index < -0.39 is 11.7 Å². The molecule has 0 unspecified atom stereocenters. The Bertz CT molecular complexity index is 1160. The molecule has 0 saturated heterocycles. The smallest absolute Gasteiger partial charge is 0.254 e. The Morgan fingerprint density at radius 1 is 1.00 bits per heavy atom. The molecule has 1 amide bonds. The number of carbonyl (C=O) groups excluding carboxylic acids is 1. The number of nitrogens with one attached hydrogen (secondary N) is 1. The number of fused-ring (bicyclic) bond motifs is 1. The summed E-state index contributed by atoms with van der Waals surface area (Å²) in [4.78, 5) is 13.5. The van der Waals surface area contributed by atoms with Gasteiger partial charge in [0.25, 0.3) is 5.91 Å². The van der Waals surface area contributed by atoms with E-state index in [1.807, 2.05) is 30.0 Å². The molecule has 0 aliphatic heterocycles. The minimum absolute atomic E-state index is 0.0720. The van der Waals surface area contributed by atoms with Crippen molar-refractivity contribution < 1.29 is 9.18 Å². The summed E-state index contributed by atoms with van der Waals surface area (Å²) in [6, 6.07) is 24.8. The van der Waals surface area contributed by atoms with Crippen LogP contribution in [0.1, 0.15) is 28.1 Å². The molecule has 1 atom stereocenters. The fourth-order valence-electron chi connectivity index (χ4n) is 3.51. The summed E-state index contributed by atoms with van der Waals surface area (Å²) in [6.07, 6.45) is 2.14. The summed E-state index contributed by atoms with van der Waals surface area (Å²) in [6.45, 7) is 3.24. The predicted octanol–water partition coefficient (Wildman–Crippen LogP) is 6.06. The van der Waals surface area contributed by atoms with Crippen molar-refractivity contribution in [1.82, 2.24) is 9.88 Å². The molecule has 5 heteroatoms. The van der Waals surface area contributed by atoms with Gasteiger partial charge < -0.3 is 9.88 Å². The van der Waals surface area contributed by atoms with Gasteiger partial charge in [0.15, 0.2) is 0 Å². The van der Waals surface area contributed by atoms with E-state index in [9.17, 15) is 9.18 Å². The monoisotopic (exact) mass is 418 g/mol. The number of hydrogen-bond acceptors (Lipinski definition) is 2. The molecular weight excluding hydrogens is 395 g/mol. The second-order valence-electron chi connectivity index (χ2n) is 7.11. The molecule has 0 fully saturated rings. The molecule has 0 aliphatic rings. The maximum atomic E-state index is 13.8. The number of nitrogens with zero attached hydrogens (tertiary/aromatic N) is 1. The highest BCUT2D eigenvalue weighted by atomic mass is 32.2. The maximum absolute atomic E-state index is 13.8. The average Bonchev–Trinajstić information content (AvgIpc) is 3.12. The Balaban J connectivity index is 1.48. The van der Waals surface area contributed by atoms with Crippen molar-refractivity contribution in [3.63, 3.8) is 0 Å². The van der Waals surface area contributed by atoms with Gasteiger partial charge in [-0.1, -0.05) is 60.7 Å². The molecule has 0 bridgehead atoms. The van der Waals surface area contributed by atoms with E-state index >= 15 is 0 Å². The lowest BCUT2D eigenvalue weighted by Gasteiger charge is -2.10.